The van der Waals surface area contributed by atoms with E-state index in [1.807, 2.05) is 26.0 Å². The van der Waals surface area contributed by atoms with Crippen molar-refractivity contribution in [3.05, 3.63) is 35.4 Å². The van der Waals surface area contributed by atoms with Gasteiger partial charge in [-0.15, -0.1) is 0 Å². The second kappa shape index (κ2) is 7.04. The van der Waals surface area contributed by atoms with Crippen molar-refractivity contribution in [2.24, 2.45) is 5.73 Å². The summed E-state index contributed by atoms with van der Waals surface area (Å²) in [6, 6.07) is 7.32. The number of carbonyl (C=O) groups excluding carboxylic acids is 1. The van der Waals surface area contributed by atoms with Crippen LogP contribution in [0.5, 0.6) is 0 Å². The van der Waals surface area contributed by atoms with Crippen molar-refractivity contribution >= 4 is 5.91 Å². The third kappa shape index (κ3) is 4.54. The van der Waals surface area contributed by atoms with Gasteiger partial charge in [0.1, 0.15) is 0 Å². The van der Waals surface area contributed by atoms with Gasteiger partial charge in [-0.05, 0) is 31.5 Å². The Morgan fingerprint density at radius 2 is 2.29 bits per heavy atom. The van der Waals surface area contributed by atoms with E-state index in [1.165, 1.54) is 0 Å². The predicted molar refractivity (Wildman–Crippen MR) is 67.8 cm³/mol. The summed E-state index contributed by atoms with van der Waals surface area (Å²) < 4.78 is 5.34. The van der Waals surface area contributed by atoms with Gasteiger partial charge >= 0.3 is 0 Å². The number of rotatable bonds is 6. The van der Waals surface area contributed by atoms with E-state index in [4.69, 9.17) is 10.5 Å². The van der Waals surface area contributed by atoms with Crippen molar-refractivity contribution in [1.82, 2.24) is 5.32 Å². The number of ether oxygens (including phenoxy) is 1. The summed E-state index contributed by atoms with van der Waals surface area (Å²) in [5.74, 6) is -0.0909. The zero-order valence-corrected chi connectivity index (χ0v) is 10.4. The number of hydrogen-bond donors (Lipinski definition) is 2. The molecule has 0 aliphatic rings. The minimum atomic E-state index is -0.0909. The topological polar surface area (TPSA) is 64.3 Å². The predicted octanol–water partition coefficient (Wildman–Crippen LogP) is 1.30. The molecule has 0 aliphatic heterocycles. The number of nitrogens with one attached hydrogen (secondary N) is 1. The van der Waals surface area contributed by atoms with E-state index in [-0.39, 0.29) is 12.0 Å². The van der Waals surface area contributed by atoms with Crippen molar-refractivity contribution in [1.29, 1.82) is 0 Å². The lowest BCUT2D eigenvalue weighted by Gasteiger charge is -2.12. The monoisotopic (exact) mass is 236 g/mol. The smallest absolute Gasteiger partial charge is 0.251 e. The number of carbonyl (C=O) groups is 1. The van der Waals surface area contributed by atoms with E-state index in [1.54, 1.807) is 12.1 Å². The van der Waals surface area contributed by atoms with E-state index < -0.39 is 0 Å². The van der Waals surface area contributed by atoms with Gasteiger partial charge in [-0.25, -0.2) is 0 Å². The highest BCUT2D eigenvalue weighted by molar-refractivity contribution is 5.94. The Kier molecular flexibility index (Phi) is 5.66. The molecule has 0 aliphatic carbocycles. The van der Waals surface area contributed by atoms with Crippen molar-refractivity contribution < 1.29 is 9.53 Å². The van der Waals surface area contributed by atoms with Crippen LogP contribution in [0.25, 0.3) is 0 Å². The van der Waals surface area contributed by atoms with Crippen molar-refractivity contribution in [3.63, 3.8) is 0 Å². The summed E-state index contributed by atoms with van der Waals surface area (Å²) in [7, 11) is 0. The van der Waals surface area contributed by atoms with Gasteiger partial charge in [0.25, 0.3) is 5.91 Å². The number of benzene rings is 1. The van der Waals surface area contributed by atoms with E-state index in [9.17, 15) is 4.79 Å². The highest BCUT2D eigenvalue weighted by atomic mass is 16.5. The van der Waals surface area contributed by atoms with E-state index in [0.29, 0.717) is 25.3 Å². The molecule has 0 saturated heterocycles. The van der Waals surface area contributed by atoms with Crippen LogP contribution in [0.3, 0.4) is 0 Å². The fraction of sp³-hybridized carbons (Fsp3) is 0.462. The molecule has 1 amide bonds. The van der Waals surface area contributed by atoms with Gasteiger partial charge in [-0.1, -0.05) is 12.1 Å². The fourth-order valence-electron chi connectivity index (χ4n) is 1.52. The molecule has 94 valence electrons. The first-order valence-corrected chi connectivity index (χ1v) is 5.86. The largest absolute Gasteiger partial charge is 0.377 e. The van der Waals surface area contributed by atoms with Gasteiger partial charge in [0.15, 0.2) is 0 Å². The molecule has 0 radical (unpaired) electrons. The maximum atomic E-state index is 11.8. The molecule has 1 atom stereocenters. The lowest BCUT2D eigenvalue weighted by atomic mass is 10.1. The summed E-state index contributed by atoms with van der Waals surface area (Å²) in [5.41, 5.74) is 7.12. The van der Waals surface area contributed by atoms with Crippen LogP contribution in [-0.2, 0) is 11.3 Å². The van der Waals surface area contributed by atoms with E-state index >= 15 is 0 Å². The maximum absolute atomic E-state index is 11.8. The first-order valence-electron chi connectivity index (χ1n) is 5.86. The summed E-state index contributed by atoms with van der Waals surface area (Å²) in [6.45, 7) is 5.47. The number of amides is 1. The third-order valence-electron chi connectivity index (χ3n) is 2.43. The Morgan fingerprint density at radius 3 is 2.94 bits per heavy atom. The molecular formula is C13H20N2O2. The van der Waals surface area contributed by atoms with Gasteiger partial charge in [-0.3, -0.25) is 4.79 Å². The molecule has 0 spiro atoms. The normalized spacial score (nSPS) is 12.2. The third-order valence-corrected chi connectivity index (χ3v) is 2.43. The molecule has 1 rings (SSSR count). The molecule has 0 fully saturated rings. The van der Waals surface area contributed by atoms with Gasteiger partial charge in [-0.2, -0.15) is 0 Å². The highest BCUT2D eigenvalue weighted by Crippen LogP contribution is 2.04. The molecule has 0 saturated carbocycles. The van der Waals surface area contributed by atoms with Gasteiger partial charge in [0.2, 0.25) is 0 Å². The molecular weight excluding hydrogens is 216 g/mol. The Bertz CT molecular complexity index is 366. The first kappa shape index (κ1) is 13.7. The Labute approximate surface area is 102 Å². The standard InChI is InChI=1S/C13H20N2O2/c1-3-17-10(2)9-15-13(16)12-6-4-5-11(7-12)8-14/h4-7,10H,3,8-9,14H2,1-2H3,(H,15,16). The van der Waals surface area contributed by atoms with Gasteiger partial charge < -0.3 is 15.8 Å². The highest BCUT2D eigenvalue weighted by Gasteiger charge is 2.07. The number of nitrogens with two attached hydrogens (primary N) is 1. The van der Waals surface area contributed by atoms with Crippen LogP contribution in [0.15, 0.2) is 24.3 Å². The summed E-state index contributed by atoms with van der Waals surface area (Å²) in [6.07, 6.45) is 0.0293. The maximum Gasteiger partial charge on any atom is 0.251 e. The lowest BCUT2D eigenvalue weighted by Crippen LogP contribution is -2.32. The molecule has 0 bridgehead atoms. The average Bonchev–Trinajstić information content (AvgIpc) is 2.36. The molecule has 3 N–H and O–H groups in total. The van der Waals surface area contributed by atoms with Crippen LogP contribution in [0, 0.1) is 0 Å². The van der Waals surface area contributed by atoms with Crippen LogP contribution >= 0.6 is 0 Å². The zero-order valence-electron chi connectivity index (χ0n) is 10.4. The van der Waals surface area contributed by atoms with E-state index in [0.717, 1.165) is 5.56 Å². The lowest BCUT2D eigenvalue weighted by molar-refractivity contribution is 0.0695. The molecule has 1 aromatic rings. The SMILES string of the molecule is CCOC(C)CNC(=O)c1cccc(CN)c1. The quantitative estimate of drug-likeness (QED) is 0.782. The van der Waals surface area contributed by atoms with Crippen LogP contribution in [0.2, 0.25) is 0 Å². The number of hydrogen-bond acceptors (Lipinski definition) is 3. The van der Waals surface area contributed by atoms with E-state index in [2.05, 4.69) is 5.32 Å². The van der Waals surface area contributed by atoms with Gasteiger partial charge in [0, 0.05) is 25.3 Å². The van der Waals surface area contributed by atoms with Crippen LogP contribution < -0.4 is 11.1 Å². The van der Waals surface area contributed by atoms with Crippen molar-refractivity contribution in [3.8, 4) is 0 Å². The molecule has 0 heterocycles. The Balaban J connectivity index is 2.51. The Morgan fingerprint density at radius 1 is 1.53 bits per heavy atom. The molecule has 1 unspecified atom stereocenters. The average molecular weight is 236 g/mol. The summed E-state index contributed by atoms with van der Waals surface area (Å²) in [4.78, 5) is 11.8. The summed E-state index contributed by atoms with van der Waals surface area (Å²) >= 11 is 0. The van der Waals surface area contributed by atoms with Crippen LogP contribution in [0.4, 0.5) is 0 Å². The molecule has 1 aromatic carbocycles. The van der Waals surface area contributed by atoms with Crippen LogP contribution in [-0.4, -0.2) is 25.2 Å². The molecule has 4 nitrogen and oxygen atoms in total. The molecule has 17 heavy (non-hydrogen) atoms. The van der Waals surface area contributed by atoms with Crippen LogP contribution in [0.1, 0.15) is 29.8 Å². The fourth-order valence-corrected chi connectivity index (χ4v) is 1.52. The minimum absolute atomic E-state index is 0.0293. The van der Waals surface area contributed by atoms with Crippen molar-refractivity contribution in [2.75, 3.05) is 13.2 Å². The van der Waals surface area contributed by atoms with Crippen molar-refractivity contribution in [2.45, 2.75) is 26.5 Å². The second-order valence-electron chi connectivity index (χ2n) is 3.88. The molecule has 4 heteroatoms. The second-order valence-corrected chi connectivity index (χ2v) is 3.88. The van der Waals surface area contributed by atoms with Gasteiger partial charge in [0.05, 0.1) is 6.10 Å². The molecule has 0 aromatic heterocycles. The zero-order chi connectivity index (χ0) is 12.7. The minimum Gasteiger partial charge on any atom is -0.377 e. The Hall–Kier alpha value is -1.39. The first-order chi connectivity index (χ1) is 8.17. The summed E-state index contributed by atoms with van der Waals surface area (Å²) in [5, 5.41) is 2.83.